The number of aromatic nitrogens is 1. The highest BCUT2D eigenvalue weighted by Crippen LogP contribution is 2.52. The van der Waals surface area contributed by atoms with Crippen molar-refractivity contribution in [2.24, 2.45) is 11.8 Å². The van der Waals surface area contributed by atoms with Gasteiger partial charge in [0.25, 0.3) is 0 Å². The molecule has 0 radical (unpaired) electrons. The number of β-lactam (4-membered cyclic amide) rings is 1. The number of aliphatic carboxylic acids is 1. The molecule has 1 amide bonds. The minimum atomic E-state index is -1.36. The zero-order valence-electron chi connectivity index (χ0n) is 25.2. The molecule has 44 heavy (non-hydrogen) atoms. The van der Waals surface area contributed by atoms with Gasteiger partial charge in [0.15, 0.2) is 4.34 Å². The van der Waals surface area contributed by atoms with Crippen molar-refractivity contribution in [1.82, 2.24) is 9.88 Å². The van der Waals surface area contributed by atoms with E-state index in [1.807, 2.05) is 37.3 Å². The van der Waals surface area contributed by atoms with Crippen molar-refractivity contribution in [2.75, 3.05) is 59.0 Å². The maximum Gasteiger partial charge on any atom is 0.235 e. The van der Waals surface area contributed by atoms with E-state index in [1.54, 1.807) is 6.92 Å². The van der Waals surface area contributed by atoms with Crippen molar-refractivity contribution in [3.05, 3.63) is 64.7 Å². The lowest BCUT2D eigenvalue weighted by Gasteiger charge is -2.55. The number of hydrogen-bond donors (Lipinski definition) is 1. The van der Waals surface area contributed by atoms with Gasteiger partial charge >= 0.3 is 0 Å². The SMILES string of the molecule is C[C@@H](O)[C@H]1C(=O)N2C(C(=O)[O-])=C(Sc3nc4cc(CC[N+]56CC[N+](CCOc7ccccc7)(CC5)CC6)ccc4s3)[C@H](C)[C@H]12. The van der Waals surface area contributed by atoms with E-state index in [2.05, 4.69) is 18.2 Å². The molecular formula is C33H39N4O5S2+. The van der Waals surface area contributed by atoms with Crippen LogP contribution in [-0.2, 0) is 16.0 Å². The van der Waals surface area contributed by atoms with Gasteiger partial charge in [0.2, 0.25) is 5.91 Å². The van der Waals surface area contributed by atoms with Crippen molar-refractivity contribution in [1.29, 1.82) is 0 Å². The van der Waals surface area contributed by atoms with Crippen LogP contribution in [0.5, 0.6) is 5.75 Å². The first-order valence-corrected chi connectivity index (χ1v) is 17.2. The third-order valence-electron chi connectivity index (χ3n) is 10.5. The Labute approximate surface area is 265 Å². The second-order valence-corrected chi connectivity index (χ2v) is 15.3. The second-order valence-electron chi connectivity index (χ2n) is 13.0. The highest BCUT2D eigenvalue weighted by Gasteiger charge is 2.59. The number of carbonyl (C=O) groups is 2. The van der Waals surface area contributed by atoms with E-state index in [0.29, 0.717) is 4.91 Å². The molecule has 4 saturated heterocycles. The van der Waals surface area contributed by atoms with E-state index in [4.69, 9.17) is 9.72 Å². The van der Waals surface area contributed by atoms with E-state index in [1.165, 1.54) is 81.8 Å². The van der Waals surface area contributed by atoms with E-state index < -0.39 is 18.0 Å². The highest BCUT2D eigenvalue weighted by molar-refractivity contribution is 8.04. The molecule has 0 spiro atoms. The number of quaternary nitrogens is 2. The summed E-state index contributed by atoms with van der Waals surface area (Å²) in [6.45, 7) is 13.8. The maximum absolute atomic E-state index is 12.7. The lowest BCUT2D eigenvalue weighted by molar-refractivity contribution is -1.08. The van der Waals surface area contributed by atoms with Crippen LogP contribution in [0, 0.1) is 11.8 Å². The number of nitrogens with zero attached hydrogens (tertiary/aromatic N) is 4. The summed E-state index contributed by atoms with van der Waals surface area (Å²) in [6, 6.07) is 16.2. The molecule has 2 aromatic carbocycles. The monoisotopic (exact) mass is 635 g/mol. The molecule has 11 heteroatoms. The van der Waals surface area contributed by atoms with Crippen molar-refractivity contribution in [2.45, 2.75) is 36.8 Å². The number of amides is 1. The van der Waals surface area contributed by atoms with Crippen LogP contribution in [0.4, 0.5) is 0 Å². The van der Waals surface area contributed by atoms with Crippen LogP contribution in [0.25, 0.3) is 10.2 Å². The molecule has 5 aliphatic rings. The molecule has 4 fully saturated rings. The number of carboxylic acids is 1. The molecule has 8 rings (SSSR count). The minimum Gasteiger partial charge on any atom is -0.543 e. The van der Waals surface area contributed by atoms with E-state index in [-0.39, 0.29) is 23.6 Å². The Bertz CT molecular complexity index is 1600. The number of thiazole rings is 1. The largest absolute Gasteiger partial charge is 0.543 e. The van der Waals surface area contributed by atoms with Gasteiger partial charge in [0.1, 0.15) is 58.2 Å². The number of aliphatic hydroxyl groups is 1. The normalized spacial score (nSPS) is 30.0. The van der Waals surface area contributed by atoms with Gasteiger partial charge in [-0.3, -0.25) is 4.79 Å². The number of ether oxygens (including phenoxy) is 1. The zero-order valence-corrected chi connectivity index (χ0v) is 26.8. The van der Waals surface area contributed by atoms with E-state index in [0.717, 1.165) is 46.4 Å². The Hall–Kier alpha value is -2.96. The van der Waals surface area contributed by atoms with Gasteiger partial charge in [0, 0.05) is 17.2 Å². The summed E-state index contributed by atoms with van der Waals surface area (Å²) >= 11 is 2.85. The summed E-state index contributed by atoms with van der Waals surface area (Å²) in [7, 11) is 0. The lowest BCUT2D eigenvalue weighted by Crippen LogP contribution is -2.75. The number of carboxylic acid groups (broad SMARTS) is 1. The Morgan fingerprint density at radius 2 is 1.80 bits per heavy atom. The molecule has 3 aromatic rings. The molecule has 0 unspecified atom stereocenters. The van der Waals surface area contributed by atoms with Crippen LogP contribution in [0.2, 0.25) is 0 Å². The molecular weight excluding hydrogens is 597 g/mol. The van der Waals surface area contributed by atoms with Crippen LogP contribution in [0.15, 0.2) is 63.5 Å². The molecule has 0 saturated carbocycles. The molecule has 232 valence electrons. The Kier molecular flexibility index (Phi) is 7.73. The number of carbonyl (C=O) groups excluding carboxylic acids is 2. The average Bonchev–Trinajstić information content (AvgIpc) is 3.53. The predicted molar refractivity (Wildman–Crippen MR) is 168 cm³/mol. The topological polar surface area (TPSA) is 103 Å². The Morgan fingerprint density at radius 1 is 1.11 bits per heavy atom. The lowest BCUT2D eigenvalue weighted by atomic mass is 9.79. The molecule has 9 nitrogen and oxygen atoms in total. The average molecular weight is 636 g/mol. The third-order valence-corrected chi connectivity index (χ3v) is 12.9. The number of fused-ring (bicyclic) bond motifs is 5. The smallest absolute Gasteiger partial charge is 0.235 e. The van der Waals surface area contributed by atoms with Crippen LogP contribution >= 0.6 is 23.1 Å². The van der Waals surface area contributed by atoms with Crippen LogP contribution in [-0.4, -0.2) is 107 Å². The number of para-hydroxylation sites is 1. The summed E-state index contributed by atoms with van der Waals surface area (Å²) in [4.78, 5) is 31.5. The minimum absolute atomic E-state index is 0.0716. The van der Waals surface area contributed by atoms with Crippen LogP contribution in [0.1, 0.15) is 19.4 Å². The first-order valence-electron chi connectivity index (χ1n) is 15.6. The van der Waals surface area contributed by atoms with Gasteiger partial charge in [-0.1, -0.05) is 43.0 Å². The van der Waals surface area contributed by atoms with Crippen molar-refractivity contribution in [3.63, 3.8) is 0 Å². The Balaban J connectivity index is 0.977. The van der Waals surface area contributed by atoms with Gasteiger partial charge in [0.05, 0.1) is 46.5 Å². The summed E-state index contributed by atoms with van der Waals surface area (Å²) in [6.07, 6.45) is 0.171. The fourth-order valence-electron chi connectivity index (χ4n) is 7.75. The van der Waals surface area contributed by atoms with Crippen molar-refractivity contribution >= 4 is 45.2 Å². The molecule has 6 heterocycles. The van der Waals surface area contributed by atoms with Gasteiger partial charge in [-0.05, 0) is 36.8 Å². The Morgan fingerprint density at radius 3 is 2.45 bits per heavy atom. The standard InChI is InChI=1S/C33H39N4O5S2/c1-21-28-27(22(2)38)31(39)35(28)29(32(40)41)30(21)44-33-34-25-20-23(8-9-26(25)43-33)10-11-36-12-15-37(16-13-36,17-14-36)18-19-42-24-6-4-3-5-7-24/h3-9,20-22,27-28,38H,10-19H2,1-2H3/q+1/t21-,22-,27-,28-,36?,37?/m1/s1. The third kappa shape index (κ3) is 5.22. The summed E-state index contributed by atoms with van der Waals surface area (Å²) in [5.41, 5.74) is 2.12. The fourth-order valence-corrected chi connectivity index (χ4v) is 10.1. The number of rotatable bonds is 11. The predicted octanol–water partition coefficient (Wildman–Crippen LogP) is 2.49. The number of benzene rings is 2. The zero-order chi connectivity index (χ0) is 30.6. The summed E-state index contributed by atoms with van der Waals surface area (Å²) in [5, 5.41) is 22.2. The molecule has 1 aromatic heterocycles. The van der Waals surface area contributed by atoms with E-state index in [9.17, 15) is 19.8 Å². The maximum atomic E-state index is 12.7. The quantitative estimate of drug-likeness (QED) is 0.255. The van der Waals surface area contributed by atoms with Gasteiger partial charge < -0.3 is 33.6 Å². The summed E-state index contributed by atoms with van der Waals surface area (Å²) < 4.78 is 10.2. The van der Waals surface area contributed by atoms with Gasteiger partial charge in [-0.15, -0.1) is 11.3 Å². The van der Waals surface area contributed by atoms with Crippen molar-refractivity contribution < 1.29 is 33.5 Å². The first-order chi connectivity index (χ1) is 21.2. The molecule has 2 bridgehead atoms. The number of hydrogen-bond acceptors (Lipinski definition) is 8. The highest BCUT2D eigenvalue weighted by atomic mass is 32.2. The first kappa shape index (κ1) is 29.7. The number of aliphatic hydroxyl groups excluding tert-OH is 1. The van der Waals surface area contributed by atoms with E-state index >= 15 is 0 Å². The van der Waals surface area contributed by atoms with Crippen molar-refractivity contribution in [3.8, 4) is 5.75 Å². The number of piperazine rings is 3. The number of thioether (sulfide) groups is 1. The van der Waals surface area contributed by atoms with Crippen LogP contribution in [0.3, 0.4) is 0 Å². The molecule has 4 atom stereocenters. The summed E-state index contributed by atoms with van der Waals surface area (Å²) in [5.74, 6) is -1.57. The molecule has 0 aliphatic carbocycles. The second kappa shape index (κ2) is 11.4. The van der Waals surface area contributed by atoms with Gasteiger partial charge in [-0.25, -0.2) is 4.98 Å². The molecule has 5 aliphatic heterocycles. The van der Waals surface area contributed by atoms with Crippen LogP contribution < -0.4 is 9.84 Å². The van der Waals surface area contributed by atoms with Gasteiger partial charge in [-0.2, -0.15) is 0 Å². The molecule has 1 N–H and O–H groups in total. The fraction of sp³-hybridized carbons (Fsp3) is 0.485.